The van der Waals surface area contributed by atoms with Crippen molar-refractivity contribution >= 4 is 11.6 Å². The van der Waals surface area contributed by atoms with E-state index in [1.54, 1.807) is 4.68 Å². The fraction of sp³-hybridized carbons (Fsp3) is 0.417. The molecule has 0 atom stereocenters. The fourth-order valence-corrected chi connectivity index (χ4v) is 2.06. The van der Waals surface area contributed by atoms with Crippen molar-refractivity contribution in [3.05, 3.63) is 34.6 Å². The summed E-state index contributed by atoms with van der Waals surface area (Å²) in [5, 5.41) is 15.7. The molecule has 0 saturated heterocycles. The topological polar surface area (TPSA) is 55.6 Å². The van der Waals surface area contributed by atoms with Crippen LogP contribution in [0, 0.1) is 6.92 Å². The van der Waals surface area contributed by atoms with Crippen LogP contribution >= 0.6 is 11.6 Å². The minimum absolute atomic E-state index is 0.630. The van der Waals surface area contributed by atoms with Crippen LogP contribution in [0.3, 0.4) is 0 Å². The van der Waals surface area contributed by atoms with Crippen LogP contribution in [0.5, 0.6) is 0 Å². The van der Waals surface area contributed by atoms with Crippen molar-refractivity contribution in [1.82, 2.24) is 25.5 Å². The number of para-hydroxylation sites is 1. The van der Waals surface area contributed by atoms with Crippen molar-refractivity contribution in [2.75, 3.05) is 6.54 Å². The Balaban J connectivity index is 2.31. The summed E-state index contributed by atoms with van der Waals surface area (Å²) < 4.78 is 1.69. The predicted molar refractivity (Wildman–Crippen MR) is 70.9 cm³/mol. The first-order valence-electron chi connectivity index (χ1n) is 5.97. The van der Waals surface area contributed by atoms with Crippen LogP contribution in [0.2, 0.25) is 5.02 Å². The van der Waals surface area contributed by atoms with Gasteiger partial charge in [0.25, 0.3) is 0 Å². The van der Waals surface area contributed by atoms with E-state index in [0.717, 1.165) is 30.0 Å². The third kappa shape index (κ3) is 2.68. The highest BCUT2D eigenvalue weighted by Crippen LogP contribution is 2.23. The van der Waals surface area contributed by atoms with E-state index in [1.807, 2.05) is 25.1 Å². The Kier molecular flexibility index (Phi) is 4.28. The molecule has 0 fully saturated rings. The summed E-state index contributed by atoms with van der Waals surface area (Å²) >= 11 is 6.22. The van der Waals surface area contributed by atoms with Gasteiger partial charge in [-0.25, -0.2) is 0 Å². The van der Waals surface area contributed by atoms with Crippen LogP contribution in [0.25, 0.3) is 5.69 Å². The maximum atomic E-state index is 6.22. The lowest BCUT2D eigenvalue weighted by molar-refractivity contribution is 0.632. The standard InChI is InChI=1S/C12H16ClN5/c1-3-7-14-8-11-15-16-17-18(11)12-9(2)5-4-6-10(12)13/h4-6,14H,3,7-8H2,1-2H3. The SMILES string of the molecule is CCCNCc1nnnn1-c1c(C)cccc1Cl. The molecule has 0 spiro atoms. The first-order valence-corrected chi connectivity index (χ1v) is 6.35. The van der Waals surface area contributed by atoms with Gasteiger partial charge in [0.1, 0.15) is 0 Å². The molecule has 2 aromatic rings. The van der Waals surface area contributed by atoms with Crippen LogP contribution in [0.4, 0.5) is 0 Å². The highest BCUT2D eigenvalue weighted by molar-refractivity contribution is 6.32. The zero-order valence-corrected chi connectivity index (χ0v) is 11.3. The molecule has 0 amide bonds. The molecule has 1 aromatic carbocycles. The van der Waals surface area contributed by atoms with E-state index in [-0.39, 0.29) is 0 Å². The Bertz CT molecular complexity index is 503. The van der Waals surface area contributed by atoms with E-state index >= 15 is 0 Å². The molecule has 0 unspecified atom stereocenters. The molecule has 0 aliphatic rings. The molecular weight excluding hydrogens is 250 g/mol. The van der Waals surface area contributed by atoms with Crippen LogP contribution < -0.4 is 5.32 Å². The molecule has 0 aliphatic carbocycles. The van der Waals surface area contributed by atoms with Crippen LogP contribution in [0.15, 0.2) is 18.2 Å². The number of aryl methyl sites for hydroxylation is 1. The summed E-state index contributed by atoms with van der Waals surface area (Å²) in [5.74, 6) is 0.764. The van der Waals surface area contributed by atoms with E-state index in [9.17, 15) is 0 Å². The smallest absolute Gasteiger partial charge is 0.170 e. The van der Waals surface area contributed by atoms with Gasteiger partial charge in [-0.05, 0) is 41.9 Å². The fourth-order valence-electron chi connectivity index (χ4n) is 1.76. The molecule has 2 rings (SSSR count). The van der Waals surface area contributed by atoms with Crippen LogP contribution in [-0.2, 0) is 6.54 Å². The lowest BCUT2D eigenvalue weighted by atomic mass is 10.2. The van der Waals surface area contributed by atoms with Gasteiger partial charge in [0.2, 0.25) is 0 Å². The molecular formula is C12H16ClN5. The summed E-state index contributed by atoms with van der Waals surface area (Å²) in [6, 6.07) is 5.75. The summed E-state index contributed by atoms with van der Waals surface area (Å²) in [6.45, 7) is 5.68. The predicted octanol–water partition coefficient (Wildman–Crippen LogP) is 2.12. The van der Waals surface area contributed by atoms with Crippen molar-refractivity contribution in [1.29, 1.82) is 0 Å². The van der Waals surface area contributed by atoms with E-state index in [2.05, 4.69) is 27.8 Å². The highest BCUT2D eigenvalue weighted by Gasteiger charge is 2.12. The van der Waals surface area contributed by atoms with Gasteiger partial charge in [-0.3, -0.25) is 0 Å². The van der Waals surface area contributed by atoms with Gasteiger partial charge in [0.05, 0.1) is 17.3 Å². The normalized spacial score (nSPS) is 10.8. The Morgan fingerprint density at radius 1 is 1.39 bits per heavy atom. The number of aromatic nitrogens is 4. The van der Waals surface area contributed by atoms with Gasteiger partial charge in [-0.2, -0.15) is 4.68 Å². The first-order chi connectivity index (χ1) is 8.74. The Morgan fingerprint density at radius 2 is 2.22 bits per heavy atom. The number of hydrogen-bond donors (Lipinski definition) is 1. The third-order valence-electron chi connectivity index (χ3n) is 2.64. The second kappa shape index (κ2) is 5.93. The lowest BCUT2D eigenvalue weighted by Crippen LogP contribution is -2.18. The second-order valence-electron chi connectivity index (χ2n) is 4.09. The molecule has 5 nitrogen and oxygen atoms in total. The molecule has 1 aromatic heterocycles. The molecule has 1 heterocycles. The van der Waals surface area contributed by atoms with Gasteiger partial charge < -0.3 is 5.32 Å². The number of nitrogens with zero attached hydrogens (tertiary/aromatic N) is 4. The van der Waals surface area contributed by atoms with Gasteiger partial charge in [-0.1, -0.05) is 30.7 Å². The van der Waals surface area contributed by atoms with Crippen LogP contribution in [-0.4, -0.2) is 26.8 Å². The number of benzene rings is 1. The van der Waals surface area contributed by atoms with Crippen molar-refractivity contribution in [2.24, 2.45) is 0 Å². The Labute approximate surface area is 111 Å². The number of nitrogens with one attached hydrogen (secondary N) is 1. The van der Waals surface area contributed by atoms with E-state index in [0.29, 0.717) is 11.6 Å². The maximum absolute atomic E-state index is 6.22. The van der Waals surface area contributed by atoms with Gasteiger partial charge in [0, 0.05) is 0 Å². The van der Waals surface area contributed by atoms with Crippen LogP contribution in [0.1, 0.15) is 24.7 Å². The van der Waals surface area contributed by atoms with Gasteiger partial charge >= 0.3 is 0 Å². The highest BCUT2D eigenvalue weighted by atomic mass is 35.5. The largest absolute Gasteiger partial charge is 0.310 e. The number of hydrogen-bond acceptors (Lipinski definition) is 4. The zero-order chi connectivity index (χ0) is 13.0. The minimum Gasteiger partial charge on any atom is -0.310 e. The summed E-state index contributed by atoms with van der Waals surface area (Å²) in [4.78, 5) is 0. The van der Waals surface area contributed by atoms with E-state index in [1.165, 1.54) is 0 Å². The monoisotopic (exact) mass is 265 g/mol. The summed E-state index contributed by atoms with van der Waals surface area (Å²) in [6.07, 6.45) is 1.08. The molecule has 6 heteroatoms. The summed E-state index contributed by atoms with van der Waals surface area (Å²) in [7, 11) is 0. The molecule has 0 saturated carbocycles. The van der Waals surface area contributed by atoms with Crippen molar-refractivity contribution in [2.45, 2.75) is 26.8 Å². The van der Waals surface area contributed by atoms with E-state index < -0.39 is 0 Å². The molecule has 96 valence electrons. The average molecular weight is 266 g/mol. The number of tetrazole rings is 1. The van der Waals surface area contributed by atoms with Crippen molar-refractivity contribution in [3.8, 4) is 5.69 Å². The third-order valence-corrected chi connectivity index (χ3v) is 2.95. The molecule has 1 N–H and O–H groups in total. The Hall–Kier alpha value is -1.46. The Morgan fingerprint density at radius 3 is 2.94 bits per heavy atom. The second-order valence-corrected chi connectivity index (χ2v) is 4.50. The summed E-state index contributed by atoms with van der Waals surface area (Å²) in [5.41, 5.74) is 1.89. The van der Waals surface area contributed by atoms with Gasteiger partial charge in [-0.15, -0.1) is 5.10 Å². The quantitative estimate of drug-likeness (QED) is 0.842. The average Bonchev–Trinajstić information content (AvgIpc) is 2.78. The van der Waals surface area contributed by atoms with Crippen molar-refractivity contribution < 1.29 is 0 Å². The molecule has 0 radical (unpaired) electrons. The first kappa shape index (κ1) is 13.0. The molecule has 0 aliphatic heterocycles. The van der Waals surface area contributed by atoms with Gasteiger partial charge in [0.15, 0.2) is 5.82 Å². The maximum Gasteiger partial charge on any atom is 0.170 e. The number of rotatable bonds is 5. The number of halogens is 1. The minimum atomic E-state index is 0.630. The van der Waals surface area contributed by atoms with Crippen molar-refractivity contribution in [3.63, 3.8) is 0 Å². The molecule has 18 heavy (non-hydrogen) atoms. The lowest BCUT2D eigenvalue weighted by Gasteiger charge is -2.09. The van der Waals surface area contributed by atoms with E-state index in [4.69, 9.17) is 11.6 Å². The zero-order valence-electron chi connectivity index (χ0n) is 10.5. The molecule has 0 bridgehead atoms.